The molecule has 0 amide bonds. The third-order valence-corrected chi connectivity index (χ3v) is 2.80. The van der Waals surface area contributed by atoms with Crippen LogP contribution in [0.2, 0.25) is 0 Å². The predicted molar refractivity (Wildman–Crippen MR) is 65.3 cm³/mol. The topological polar surface area (TPSA) is 51.2 Å². The lowest BCUT2D eigenvalue weighted by Crippen LogP contribution is -2.18. The second-order valence-corrected chi connectivity index (χ2v) is 4.63. The van der Waals surface area contributed by atoms with Gasteiger partial charge in [-0.05, 0) is 32.9 Å². The maximum absolute atomic E-state index is 12.1. The van der Waals surface area contributed by atoms with Crippen LogP contribution in [0, 0.1) is 5.92 Å². The normalized spacial score (nSPS) is 19.6. The molecule has 0 aliphatic carbocycles. The van der Waals surface area contributed by atoms with Crippen LogP contribution >= 0.6 is 0 Å². The summed E-state index contributed by atoms with van der Waals surface area (Å²) in [6.07, 6.45) is 4.27. The molecule has 0 radical (unpaired) electrons. The van der Waals surface area contributed by atoms with Crippen molar-refractivity contribution in [3.63, 3.8) is 0 Å². The van der Waals surface area contributed by atoms with Crippen LogP contribution in [0.5, 0.6) is 5.75 Å². The van der Waals surface area contributed by atoms with Crippen molar-refractivity contribution >= 4 is 5.78 Å². The summed E-state index contributed by atoms with van der Waals surface area (Å²) >= 11 is 0. The van der Waals surface area contributed by atoms with Crippen LogP contribution in [-0.4, -0.2) is 30.0 Å². The summed E-state index contributed by atoms with van der Waals surface area (Å²) < 4.78 is 5.54. The van der Waals surface area contributed by atoms with Crippen LogP contribution in [0.25, 0.3) is 0 Å². The molecule has 1 fully saturated rings. The molecule has 0 bridgehead atoms. The molecule has 1 aliphatic heterocycles. The first-order chi connectivity index (χ1) is 8.16. The van der Waals surface area contributed by atoms with E-state index in [1.807, 2.05) is 13.8 Å². The quantitative estimate of drug-likeness (QED) is 0.805. The van der Waals surface area contributed by atoms with Crippen LogP contribution in [-0.2, 0) is 0 Å². The molecule has 1 aliphatic rings. The number of rotatable bonds is 4. The van der Waals surface area contributed by atoms with Gasteiger partial charge in [0.1, 0.15) is 5.75 Å². The molecule has 2 heterocycles. The monoisotopic (exact) mass is 234 g/mol. The Morgan fingerprint density at radius 2 is 2.35 bits per heavy atom. The van der Waals surface area contributed by atoms with E-state index in [-0.39, 0.29) is 17.8 Å². The molecule has 1 aromatic heterocycles. The number of carbonyl (C=O) groups excluding carboxylic acids is 1. The minimum Gasteiger partial charge on any atom is -0.489 e. The fourth-order valence-corrected chi connectivity index (χ4v) is 2.00. The number of Topliss-reactive ketones (excluding diaryl/α,β-unsaturated/α-hetero) is 1. The summed E-state index contributed by atoms with van der Waals surface area (Å²) in [5.41, 5.74) is 0.650. The lowest BCUT2D eigenvalue weighted by molar-refractivity contribution is 0.0929. The summed E-state index contributed by atoms with van der Waals surface area (Å²) in [6.45, 7) is 5.60. The Morgan fingerprint density at radius 1 is 1.53 bits per heavy atom. The van der Waals surface area contributed by atoms with Gasteiger partial charge in [0.25, 0.3) is 0 Å². The van der Waals surface area contributed by atoms with E-state index >= 15 is 0 Å². The molecular formula is C13H18N2O2. The van der Waals surface area contributed by atoms with E-state index in [1.165, 1.54) is 0 Å². The van der Waals surface area contributed by atoms with Crippen molar-refractivity contribution in [3.8, 4) is 5.75 Å². The minimum atomic E-state index is 0.0890. The highest BCUT2D eigenvalue weighted by Crippen LogP contribution is 2.19. The molecular weight excluding hydrogens is 216 g/mol. The van der Waals surface area contributed by atoms with Crippen LogP contribution in [0.3, 0.4) is 0 Å². The Labute approximate surface area is 101 Å². The standard InChI is InChI=1S/C13H18N2O2/c1-9(2)17-12-5-11(7-15-8-12)13(16)10-3-4-14-6-10/h5,7-10,14H,3-4,6H2,1-2H3. The second-order valence-electron chi connectivity index (χ2n) is 4.63. The van der Waals surface area contributed by atoms with Gasteiger partial charge in [-0.1, -0.05) is 0 Å². The Kier molecular flexibility index (Phi) is 3.74. The van der Waals surface area contributed by atoms with Crippen LogP contribution in [0.4, 0.5) is 0 Å². The van der Waals surface area contributed by atoms with Crippen molar-refractivity contribution < 1.29 is 9.53 Å². The average Bonchev–Trinajstić information content (AvgIpc) is 2.81. The SMILES string of the molecule is CC(C)Oc1cncc(C(=O)C2CCNC2)c1. The average molecular weight is 234 g/mol. The van der Waals surface area contributed by atoms with Crippen LogP contribution in [0.15, 0.2) is 18.5 Å². The van der Waals surface area contributed by atoms with E-state index in [0.29, 0.717) is 11.3 Å². The Bertz CT molecular complexity index is 398. The fourth-order valence-electron chi connectivity index (χ4n) is 2.00. The largest absolute Gasteiger partial charge is 0.489 e. The van der Waals surface area contributed by atoms with Gasteiger partial charge in [0.15, 0.2) is 5.78 Å². The van der Waals surface area contributed by atoms with Gasteiger partial charge in [-0.3, -0.25) is 9.78 Å². The van der Waals surface area contributed by atoms with Crippen LogP contribution in [0.1, 0.15) is 30.6 Å². The van der Waals surface area contributed by atoms with Crippen molar-refractivity contribution in [2.75, 3.05) is 13.1 Å². The molecule has 1 N–H and O–H groups in total. The van der Waals surface area contributed by atoms with E-state index in [9.17, 15) is 4.79 Å². The molecule has 1 saturated heterocycles. The van der Waals surface area contributed by atoms with Gasteiger partial charge in [-0.15, -0.1) is 0 Å². The summed E-state index contributed by atoms with van der Waals surface area (Å²) in [5.74, 6) is 0.916. The molecule has 1 aromatic rings. The maximum Gasteiger partial charge on any atom is 0.168 e. The van der Waals surface area contributed by atoms with E-state index in [0.717, 1.165) is 19.5 Å². The zero-order valence-corrected chi connectivity index (χ0v) is 10.3. The van der Waals surface area contributed by atoms with Gasteiger partial charge in [0.2, 0.25) is 0 Å². The smallest absolute Gasteiger partial charge is 0.168 e. The van der Waals surface area contributed by atoms with Gasteiger partial charge in [-0.25, -0.2) is 0 Å². The zero-order valence-electron chi connectivity index (χ0n) is 10.3. The Balaban J connectivity index is 2.12. The van der Waals surface area contributed by atoms with Crippen molar-refractivity contribution in [1.82, 2.24) is 10.3 Å². The first-order valence-electron chi connectivity index (χ1n) is 6.03. The number of ether oxygens (including phenoxy) is 1. The van der Waals surface area contributed by atoms with Gasteiger partial charge in [-0.2, -0.15) is 0 Å². The van der Waals surface area contributed by atoms with Crippen LogP contribution < -0.4 is 10.1 Å². The maximum atomic E-state index is 12.1. The third-order valence-electron chi connectivity index (χ3n) is 2.80. The van der Waals surface area contributed by atoms with E-state index in [4.69, 9.17) is 4.74 Å². The van der Waals surface area contributed by atoms with E-state index < -0.39 is 0 Å². The number of hydrogen-bond donors (Lipinski definition) is 1. The predicted octanol–water partition coefficient (Wildman–Crippen LogP) is 1.66. The fraction of sp³-hybridized carbons (Fsp3) is 0.538. The van der Waals surface area contributed by atoms with Crippen molar-refractivity contribution in [2.24, 2.45) is 5.92 Å². The molecule has 4 nitrogen and oxygen atoms in total. The molecule has 0 saturated carbocycles. The first kappa shape index (κ1) is 12.0. The number of nitrogens with zero attached hydrogens (tertiary/aromatic N) is 1. The van der Waals surface area contributed by atoms with E-state index in [2.05, 4.69) is 10.3 Å². The number of pyridine rings is 1. The molecule has 1 unspecified atom stereocenters. The molecule has 4 heteroatoms. The summed E-state index contributed by atoms with van der Waals surface area (Å²) in [7, 11) is 0. The Hall–Kier alpha value is -1.42. The summed E-state index contributed by atoms with van der Waals surface area (Å²) in [6, 6.07) is 1.79. The highest BCUT2D eigenvalue weighted by Gasteiger charge is 2.24. The van der Waals surface area contributed by atoms with E-state index in [1.54, 1.807) is 18.5 Å². The minimum absolute atomic E-state index is 0.0890. The molecule has 1 atom stereocenters. The molecule has 2 rings (SSSR count). The summed E-state index contributed by atoms with van der Waals surface area (Å²) in [5, 5.41) is 3.20. The molecule has 0 aromatic carbocycles. The number of carbonyl (C=O) groups is 1. The van der Waals surface area contributed by atoms with Gasteiger partial charge in [0, 0.05) is 24.2 Å². The van der Waals surface area contributed by atoms with Gasteiger partial charge < -0.3 is 10.1 Å². The number of nitrogens with one attached hydrogen (secondary N) is 1. The Morgan fingerprint density at radius 3 is 3.00 bits per heavy atom. The van der Waals surface area contributed by atoms with Crippen molar-refractivity contribution in [3.05, 3.63) is 24.0 Å². The van der Waals surface area contributed by atoms with Gasteiger partial charge >= 0.3 is 0 Å². The lowest BCUT2D eigenvalue weighted by Gasteiger charge is -2.11. The zero-order chi connectivity index (χ0) is 12.3. The highest BCUT2D eigenvalue weighted by atomic mass is 16.5. The van der Waals surface area contributed by atoms with Gasteiger partial charge in [0.05, 0.1) is 12.3 Å². The van der Waals surface area contributed by atoms with Crippen molar-refractivity contribution in [2.45, 2.75) is 26.4 Å². The number of ketones is 1. The first-order valence-corrected chi connectivity index (χ1v) is 6.03. The molecule has 17 heavy (non-hydrogen) atoms. The number of hydrogen-bond acceptors (Lipinski definition) is 4. The van der Waals surface area contributed by atoms with Crippen molar-refractivity contribution in [1.29, 1.82) is 0 Å². The second kappa shape index (κ2) is 5.27. The summed E-state index contributed by atoms with van der Waals surface area (Å²) in [4.78, 5) is 16.2. The highest BCUT2D eigenvalue weighted by molar-refractivity contribution is 5.98. The lowest BCUT2D eigenvalue weighted by atomic mass is 9.98. The molecule has 0 spiro atoms. The number of aromatic nitrogens is 1. The third kappa shape index (κ3) is 3.03. The molecule has 92 valence electrons.